The second kappa shape index (κ2) is 6.13. The zero-order valence-corrected chi connectivity index (χ0v) is 14.8. The highest BCUT2D eigenvalue weighted by Crippen LogP contribution is 2.34. The van der Waals surface area contributed by atoms with E-state index in [-0.39, 0.29) is 5.41 Å². The van der Waals surface area contributed by atoms with Crippen molar-refractivity contribution >= 4 is 21.7 Å². The summed E-state index contributed by atoms with van der Waals surface area (Å²) in [5.74, 6) is 1.54. The van der Waals surface area contributed by atoms with Crippen molar-refractivity contribution in [3.8, 4) is 11.4 Å². The first-order chi connectivity index (χ1) is 9.86. The van der Waals surface area contributed by atoms with Crippen molar-refractivity contribution in [3.05, 3.63) is 22.6 Å². The van der Waals surface area contributed by atoms with E-state index in [2.05, 4.69) is 65.9 Å². The van der Waals surface area contributed by atoms with Crippen molar-refractivity contribution in [1.29, 1.82) is 0 Å². The van der Waals surface area contributed by atoms with E-state index in [4.69, 9.17) is 4.98 Å². The highest BCUT2D eigenvalue weighted by atomic mass is 79.9. The number of nitrogens with one attached hydrogen (secondary N) is 1. The molecule has 0 aliphatic heterocycles. The molecule has 2 aromatic heterocycles. The molecule has 0 saturated carbocycles. The van der Waals surface area contributed by atoms with Crippen LogP contribution in [0, 0.1) is 0 Å². The first-order valence-corrected chi connectivity index (χ1v) is 8.00. The number of aryl methyl sites for hydroxylation is 1. The van der Waals surface area contributed by atoms with Crippen LogP contribution in [0.25, 0.3) is 11.4 Å². The minimum atomic E-state index is -0.0680. The summed E-state index contributed by atoms with van der Waals surface area (Å²) < 4.78 is 2.81. The summed E-state index contributed by atoms with van der Waals surface area (Å²) in [6.07, 6.45) is 3.79. The number of nitrogens with zero attached hydrogens (tertiary/aromatic N) is 4. The standard InChI is InChI=1S/C15H22BrN5/c1-6-17-14-11(16)12(15(3,4)5)19-13(20-14)10-8-18-21(7-2)9-10/h8-9H,6-7H2,1-5H3,(H,17,19,20). The molecule has 21 heavy (non-hydrogen) atoms. The Hall–Kier alpha value is -1.43. The molecule has 0 amide bonds. The number of halogens is 1. The second-order valence-electron chi connectivity index (χ2n) is 5.92. The van der Waals surface area contributed by atoms with Gasteiger partial charge in [-0.15, -0.1) is 0 Å². The average molecular weight is 352 g/mol. The van der Waals surface area contributed by atoms with Gasteiger partial charge in [0, 0.05) is 24.7 Å². The van der Waals surface area contributed by atoms with Crippen molar-refractivity contribution in [2.24, 2.45) is 0 Å². The van der Waals surface area contributed by atoms with Crippen LogP contribution in [0.4, 0.5) is 5.82 Å². The van der Waals surface area contributed by atoms with Crippen LogP contribution in [-0.4, -0.2) is 26.3 Å². The minimum Gasteiger partial charge on any atom is -0.369 e. The Bertz CT molecular complexity index is 627. The monoisotopic (exact) mass is 351 g/mol. The van der Waals surface area contributed by atoms with Gasteiger partial charge >= 0.3 is 0 Å². The van der Waals surface area contributed by atoms with Crippen LogP contribution in [0.2, 0.25) is 0 Å². The molecule has 1 N–H and O–H groups in total. The minimum absolute atomic E-state index is 0.0680. The highest BCUT2D eigenvalue weighted by molar-refractivity contribution is 9.10. The lowest BCUT2D eigenvalue weighted by Gasteiger charge is -2.21. The third kappa shape index (κ3) is 3.43. The van der Waals surface area contributed by atoms with Crippen molar-refractivity contribution in [2.75, 3.05) is 11.9 Å². The summed E-state index contributed by atoms with van der Waals surface area (Å²) in [5, 5.41) is 7.60. The summed E-state index contributed by atoms with van der Waals surface area (Å²) in [4.78, 5) is 9.38. The zero-order chi connectivity index (χ0) is 15.6. The maximum absolute atomic E-state index is 4.75. The normalized spacial score (nSPS) is 11.7. The first kappa shape index (κ1) is 15.9. The largest absolute Gasteiger partial charge is 0.369 e. The van der Waals surface area contributed by atoms with Crippen LogP contribution in [0.3, 0.4) is 0 Å². The summed E-state index contributed by atoms with van der Waals surface area (Å²) in [6, 6.07) is 0. The van der Waals surface area contributed by atoms with E-state index in [0.29, 0.717) is 5.82 Å². The zero-order valence-electron chi connectivity index (χ0n) is 13.2. The number of hydrogen-bond donors (Lipinski definition) is 1. The molecule has 0 unspecified atom stereocenters. The van der Waals surface area contributed by atoms with Crippen LogP contribution >= 0.6 is 15.9 Å². The molecule has 2 aromatic rings. The molecule has 6 heteroatoms. The lowest BCUT2D eigenvalue weighted by molar-refractivity contribution is 0.564. The fourth-order valence-corrected chi connectivity index (χ4v) is 2.92. The van der Waals surface area contributed by atoms with Crippen molar-refractivity contribution in [1.82, 2.24) is 19.7 Å². The van der Waals surface area contributed by atoms with Gasteiger partial charge in [0.05, 0.1) is 21.9 Å². The van der Waals surface area contributed by atoms with Gasteiger partial charge in [-0.3, -0.25) is 4.68 Å². The van der Waals surface area contributed by atoms with Gasteiger partial charge in [0.2, 0.25) is 0 Å². The van der Waals surface area contributed by atoms with Gasteiger partial charge in [-0.1, -0.05) is 20.8 Å². The van der Waals surface area contributed by atoms with E-state index in [9.17, 15) is 0 Å². The fourth-order valence-electron chi connectivity index (χ4n) is 2.01. The fraction of sp³-hybridized carbons (Fsp3) is 0.533. The molecule has 5 nitrogen and oxygen atoms in total. The molecule has 114 valence electrons. The molecule has 0 spiro atoms. The predicted octanol–water partition coefficient (Wildman–Crippen LogP) is 3.85. The summed E-state index contributed by atoms with van der Waals surface area (Å²) in [6.45, 7) is 12.2. The second-order valence-corrected chi connectivity index (χ2v) is 6.72. The van der Waals surface area contributed by atoms with Gasteiger partial charge in [0.1, 0.15) is 5.82 Å². The Balaban J connectivity index is 2.58. The maximum Gasteiger partial charge on any atom is 0.165 e. The van der Waals surface area contributed by atoms with E-state index >= 15 is 0 Å². The van der Waals surface area contributed by atoms with E-state index < -0.39 is 0 Å². The quantitative estimate of drug-likeness (QED) is 0.908. The van der Waals surface area contributed by atoms with E-state index in [1.165, 1.54) is 0 Å². The predicted molar refractivity (Wildman–Crippen MR) is 89.5 cm³/mol. The Morgan fingerprint density at radius 1 is 1.24 bits per heavy atom. The third-order valence-corrected chi connectivity index (χ3v) is 3.87. The third-order valence-electron chi connectivity index (χ3n) is 3.12. The topological polar surface area (TPSA) is 55.6 Å². The molecule has 2 heterocycles. The van der Waals surface area contributed by atoms with Gasteiger partial charge in [0.15, 0.2) is 5.82 Å². The molecule has 0 atom stereocenters. The smallest absolute Gasteiger partial charge is 0.165 e. The number of anilines is 1. The molecule has 0 aromatic carbocycles. The molecule has 0 aliphatic carbocycles. The molecule has 0 aliphatic rings. The molecule has 0 saturated heterocycles. The SMILES string of the molecule is CCNc1nc(-c2cnn(CC)c2)nc(C(C)(C)C)c1Br. The Morgan fingerprint density at radius 2 is 1.95 bits per heavy atom. The van der Waals surface area contributed by atoms with Crippen LogP contribution in [-0.2, 0) is 12.0 Å². The Morgan fingerprint density at radius 3 is 2.48 bits per heavy atom. The van der Waals surface area contributed by atoms with Crippen LogP contribution in [0.15, 0.2) is 16.9 Å². The Kier molecular flexibility index (Phi) is 4.66. The molecular weight excluding hydrogens is 330 g/mol. The van der Waals surface area contributed by atoms with Crippen LogP contribution in [0.1, 0.15) is 40.3 Å². The number of rotatable bonds is 4. The first-order valence-electron chi connectivity index (χ1n) is 7.21. The van der Waals surface area contributed by atoms with Crippen molar-refractivity contribution in [2.45, 2.75) is 46.6 Å². The highest BCUT2D eigenvalue weighted by Gasteiger charge is 2.23. The molecule has 0 fully saturated rings. The summed E-state index contributed by atoms with van der Waals surface area (Å²) in [7, 11) is 0. The van der Waals surface area contributed by atoms with E-state index in [0.717, 1.165) is 34.6 Å². The van der Waals surface area contributed by atoms with Crippen LogP contribution in [0.5, 0.6) is 0 Å². The summed E-state index contributed by atoms with van der Waals surface area (Å²) >= 11 is 3.64. The Labute approximate surface area is 134 Å². The molecule has 0 bridgehead atoms. The number of aromatic nitrogens is 4. The number of hydrogen-bond acceptors (Lipinski definition) is 4. The maximum atomic E-state index is 4.75. The molecular formula is C15H22BrN5. The van der Waals surface area contributed by atoms with Gasteiger partial charge in [-0.25, -0.2) is 9.97 Å². The summed E-state index contributed by atoms with van der Waals surface area (Å²) in [5.41, 5.74) is 1.86. The van der Waals surface area contributed by atoms with Crippen molar-refractivity contribution < 1.29 is 0 Å². The van der Waals surface area contributed by atoms with Gasteiger partial charge in [-0.05, 0) is 29.8 Å². The van der Waals surface area contributed by atoms with E-state index in [1.54, 1.807) is 0 Å². The van der Waals surface area contributed by atoms with Crippen molar-refractivity contribution in [3.63, 3.8) is 0 Å². The van der Waals surface area contributed by atoms with Gasteiger partial charge < -0.3 is 5.32 Å². The van der Waals surface area contributed by atoms with E-state index in [1.807, 2.05) is 17.1 Å². The molecule has 2 rings (SSSR count). The van der Waals surface area contributed by atoms with Crippen LogP contribution < -0.4 is 5.32 Å². The lowest BCUT2D eigenvalue weighted by atomic mass is 9.91. The lowest BCUT2D eigenvalue weighted by Crippen LogP contribution is -2.17. The molecule has 0 radical (unpaired) electrons. The average Bonchev–Trinajstić information content (AvgIpc) is 2.88. The van der Waals surface area contributed by atoms with Gasteiger partial charge in [0.25, 0.3) is 0 Å². The van der Waals surface area contributed by atoms with Gasteiger partial charge in [-0.2, -0.15) is 5.10 Å².